The first kappa shape index (κ1) is 18.2. The van der Waals surface area contributed by atoms with Crippen molar-refractivity contribution in [1.82, 2.24) is 9.62 Å². The Bertz CT molecular complexity index is 931. The van der Waals surface area contributed by atoms with Crippen molar-refractivity contribution < 1.29 is 13.2 Å². The van der Waals surface area contributed by atoms with Gasteiger partial charge < -0.3 is 5.32 Å². The molecule has 1 N–H and O–H groups in total. The molecule has 0 radical (unpaired) electrons. The van der Waals surface area contributed by atoms with Crippen LogP contribution in [0.4, 0.5) is 0 Å². The van der Waals surface area contributed by atoms with E-state index in [1.54, 1.807) is 37.3 Å². The van der Waals surface area contributed by atoms with Crippen LogP contribution in [0.2, 0.25) is 10.0 Å². The number of piperazine rings is 1. The van der Waals surface area contributed by atoms with E-state index in [4.69, 9.17) is 23.2 Å². The highest BCUT2D eigenvalue weighted by molar-refractivity contribution is 7.89. The quantitative estimate of drug-likeness (QED) is 0.862. The third-order valence-corrected chi connectivity index (χ3v) is 6.73. The van der Waals surface area contributed by atoms with Crippen LogP contribution >= 0.6 is 23.2 Å². The first-order valence-corrected chi connectivity index (χ1v) is 9.82. The van der Waals surface area contributed by atoms with E-state index < -0.39 is 22.0 Å². The maximum Gasteiger partial charge on any atom is 0.244 e. The Morgan fingerprint density at radius 1 is 1.12 bits per heavy atom. The molecule has 0 bridgehead atoms. The lowest BCUT2D eigenvalue weighted by atomic mass is 10.0. The van der Waals surface area contributed by atoms with Gasteiger partial charge in [-0.1, -0.05) is 47.5 Å². The van der Waals surface area contributed by atoms with Crippen LogP contribution in [0.15, 0.2) is 47.4 Å². The number of rotatable bonds is 3. The summed E-state index contributed by atoms with van der Waals surface area (Å²) in [6.45, 7) is 2.17. The third kappa shape index (κ3) is 3.40. The second-order valence-electron chi connectivity index (χ2n) is 5.74. The van der Waals surface area contributed by atoms with Crippen molar-refractivity contribution in [2.75, 3.05) is 13.1 Å². The highest BCUT2D eigenvalue weighted by Crippen LogP contribution is 2.34. The zero-order valence-corrected chi connectivity index (χ0v) is 15.7. The van der Waals surface area contributed by atoms with Crippen molar-refractivity contribution in [2.45, 2.75) is 17.9 Å². The number of benzene rings is 2. The molecule has 1 atom stereocenters. The lowest BCUT2D eigenvalue weighted by Gasteiger charge is -2.34. The number of aryl methyl sites for hydroxylation is 1. The Balaban J connectivity index is 2.10. The molecule has 1 amide bonds. The Morgan fingerprint density at radius 2 is 1.84 bits per heavy atom. The predicted molar refractivity (Wildman–Crippen MR) is 97.3 cm³/mol. The predicted octanol–water partition coefficient (Wildman–Crippen LogP) is 3.16. The topological polar surface area (TPSA) is 66.5 Å². The number of sulfonamides is 1. The van der Waals surface area contributed by atoms with Gasteiger partial charge in [-0.25, -0.2) is 8.42 Å². The van der Waals surface area contributed by atoms with E-state index in [-0.39, 0.29) is 18.0 Å². The number of hydrogen-bond donors (Lipinski definition) is 1. The first-order valence-electron chi connectivity index (χ1n) is 7.62. The minimum absolute atomic E-state index is 0.0508. The largest absolute Gasteiger partial charge is 0.353 e. The summed E-state index contributed by atoms with van der Waals surface area (Å²) < 4.78 is 27.4. The molecule has 8 heteroatoms. The zero-order valence-electron chi connectivity index (χ0n) is 13.4. The lowest BCUT2D eigenvalue weighted by molar-refractivity contribution is -0.126. The molecule has 1 heterocycles. The van der Waals surface area contributed by atoms with Gasteiger partial charge in [-0.3, -0.25) is 4.79 Å². The van der Waals surface area contributed by atoms with Gasteiger partial charge in [-0.2, -0.15) is 4.31 Å². The summed E-state index contributed by atoms with van der Waals surface area (Å²) in [5.41, 5.74) is 1.22. The summed E-state index contributed by atoms with van der Waals surface area (Å²) in [6.07, 6.45) is 0. The van der Waals surface area contributed by atoms with Crippen molar-refractivity contribution in [3.05, 3.63) is 63.6 Å². The molecule has 0 aromatic heterocycles. The Labute approximate surface area is 156 Å². The average molecular weight is 399 g/mol. The van der Waals surface area contributed by atoms with Gasteiger partial charge in [0.2, 0.25) is 15.9 Å². The van der Waals surface area contributed by atoms with Gasteiger partial charge in [-0.15, -0.1) is 0 Å². The van der Waals surface area contributed by atoms with Crippen LogP contribution in [0.25, 0.3) is 0 Å². The monoisotopic (exact) mass is 398 g/mol. The van der Waals surface area contributed by atoms with Gasteiger partial charge in [0.25, 0.3) is 0 Å². The fourth-order valence-electron chi connectivity index (χ4n) is 2.77. The number of carbonyl (C=O) groups excluding carboxylic acids is 1. The fraction of sp³-hybridized carbons (Fsp3) is 0.235. The fourth-order valence-corrected chi connectivity index (χ4v) is 4.85. The van der Waals surface area contributed by atoms with Crippen LogP contribution in [0.3, 0.4) is 0 Å². The third-order valence-electron chi connectivity index (χ3n) is 4.12. The Kier molecular flexibility index (Phi) is 5.06. The first-order chi connectivity index (χ1) is 11.8. The molecule has 0 aliphatic carbocycles. The van der Waals surface area contributed by atoms with Crippen LogP contribution in [-0.2, 0) is 14.8 Å². The SMILES string of the molecule is Cc1ccc(S(=O)(=O)N2CCNC(=O)C2c2ccccc2Cl)cc1Cl. The zero-order chi connectivity index (χ0) is 18.2. The van der Waals surface area contributed by atoms with Crippen molar-refractivity contribution >= 4 is 39.1 Å². The van der Waals surface area contributed by atoms with Crippen LogP contribution in [-0.4, -0.2) is 31.7 Å². The average Bonchev–Trinajstić information content (AvgIpc) is 2.58. The summed E-state index contributed by atoms with van der Waals surface area (Å²) in [4.78, 5) is 12.5. The standard InChI is InChI=1S/C17H16Cl2N2O3S/c1-11-6-7-12(10-15(11)19)25(23,24)21-9-8-20-17(22)16(21)13-4-2-3-5-14(13)18/h2-7,10,16H,8-9H2,1H3,(H,20,22). The molecule has 2 aromatic carbocycles. The number of carbonyl (C=O) groups is 1. The summed E-state index contributed by atoms with van der Waals surface area (Å²) in [5.74, 6) is -0.402. The van der Waals surface area contributed by atoms with E-state index in [9.17, 15) is 13.2 Å². The maximum absolute atomic E-state index is 13.1. The minimum Gasteiger partial charge on any atom is -0.353 e. The molecule has 1 fully saturated rings. The number of halogens is 2. The van der Waals surface area contributed by atoms with Crippen molar-refractivity contribution in [3.8, 4) is 0 Å². The Hall–Kier alpha value is -1.60. The normalized spacial score (nSPS) is 18.8. The van der Waals surface area contributed by atoms with E-state index in [0.717, 1.165) is 5.56 Å². The Morgan fingerprint density at radius 3 is 2.52 bits per heavy atom. The van der Waals surface area contributed by atoms with Crippen molar-refractivity contribution in [3.63, 3.8) is 0 Å². The second-order valence-corrected chi connectivity index (χ2v) is 8.45. The van der Waals surface area contributed by atoms with Crippen LogP contribution in [0.1, 0.15) is 17.2 Å². The minimum atomic E-state index is -3.92. The number of nitrogens with one attached hydrogen (secondary N) is 1. The summed E-state index contributed by atoms with van der Waals surface area (Å²) in [5, 5.41) is 3.40. The molecule has 0 spiro atoms. The van der Waals surface area contributed by atoms with Gasteiger partial charge >= 0.3 is 0 Å². The molecule has 5 nitrogen and oxygen atoms in total. The van der Waals surface area contributed by atoms with E-state index in [2.05, 4.69) is 5.32 Å². The maximum atomic E-state index is 13.1. The summed E-state index contributed by atoms with van der Waals surface area (Å²) in [7, 11) is -3.92. The molecular weight excluding hydrogens is 383 g/mol. The van der Waals surface area contributed by atoms with Crippen molar-refractivity contribution in [2.24, 2.45) is 0 Å². The van der Waals surface area contributed by atoms with Gasteiger partial charge in [-0.05, 0) is 36.2 Å². The van der Waals surface area contributed by atoms with Crippen LogP contribution in [0.5, 0.6) is 0 Å². The summed E-state index contributed by atoms with van der Waals surface area (Å²) in [6, 6.07) is 10.3. The van der Waals surface area contributed by atoms with Gasteiger partial charge in [0.15, 0.2) is 0 Å². The molecule has 1 unspecified atom stereocenters. The van der Waals surface area contributed by atoms with Crippen LogP contribution in [0, 0.1) is 6.92 Å². The second kappa shape index (κ2) is 6.96. The van der Waals surface area contributed by atoms with E-state index in [0.29, 0.717) is 15.6 Å². The molecular formula is C17H16Cl2N2O3S. The van der Waals surface area contributed by atoms with Crippen molar-refractivity contribution in [1.29, 1.82) is 0 Å². The van der Waals surface area contributed by atoms with Gasteiger partial charge in [0, 0.05) is 23.1 Å². The smallest absolute Gasteiger partial charge is 0.244 e. The number of nitrogens with zero attached hydrogens (tertiary/aromatic N) is 1. The summed E-state index contributed by atoms with van der Waals surface area (Å²) >= 11 is 12.3. The number of amides is 1. The molecule has 1 saturated heterocycles. The highest BCUT2D eigenvalue weighted by atomic mass is 35.5. The lowest BCUT2D eigenvalue weighted by Crippen LogP contribution is -2.52. The molecule has 1 aliphatic heterocycles. The highest BCUT2D eigenvalue weighted by Gasteiger charge is 2.40. The van der Waals surface area contributed by atoms with Gasteiger partial charge in [0.1, 0.15) is 6.04 Å². The van der Waals surface area contributed by atoms with E-state index in [1.165, 1.54) is 16.4 Å². The molecule has 132 valence electrons. The molecule has 0 saturated carbocycles. The molecule has 2 aromatic rings. The molecule has 25 heavy (non-hydrogen) atoms. The van der Waals surface area contributed by atoms with E-state index >= 15 is 0 Å². The molecule has 1 aliphatic rings. The number of hydrogen-bond acceptors (Lipinski definition) is 3. The van der Waals surface area contributed by atoms with Gasteiger partial charge in [0.05, 0.1) is 4.90 Å². The molecule has 3 rings (SSSR count). The van der Waals surface area contributed by atoms with Crippen LogP contribution < -0.4 is 5.32 Å². The van der Waals surface area contributed by atoms with E-state index in [1.807, 2.05) is 0 Å².